The number of fused-ring (bicyclic) bond motifs is 7. The molecular formula is C46H80O3. The first kappa shape index (κ1) is 39.4. The molecule has 3 nitrogen and oxygen atoms in total. The number of hydrogen-bond acceptors (Lipinski definition) is 3. The molecule has 4 saturated carbocycles. The van der Waals surface area contributed by atoms with Crippen molar-refractivity contribution < 1.29 is 14.6 Å². The fraction of sp³-hybridized carbons (Fsp3) is 0.935. The molecule has 0 saturated heterocycles. The topological polar surface area (TPSA) is 46.5 Å². The first-order valence-corrected chi connectivity index (χ1v) is 21.7. The molecule has 5 aliphatic carbocycles. The lowest BCUT2D eigenvalue weighted by Crippen LogP contribution is -2.65. The molecule has 0 spiro atoms. The Morgan fingerprint density at radius 1 is 0.735 bits per heavy atom. The van der Waals surface area contributed by atoms with Gasteiger partial charge in [-0.15, -0.1) is 0 Å². The smallest absolute Gasteiger partial charge is 0.306 e. The van der Waals surface area contributed by atoms with E-state index < -0.39 is 0 Å². The molecule has 0 radical (unpaired) electrons. The monoisotopic (exact) mass is 681 g/mol. The predicted octanol–water partition coefficient (Wildman–Crippen LogP) is 13.2. The number of hydrogen-bond donors (Lipinski definition) is 1. The largest absolute Gasteiger partial charge is 0.462 e. The third-order valence-corrected chi connectivity index (χ3v) is 16.8. The van der Waals surface area contributed by atoms with E-state index in [1.165, 1.54) is 128 Å². The van der Waals surface area contributed by atoms with Crippen LogP contribution >= 0.6 is 0 Å². The third kappa shape index (κ3) is 7.65. The van der Waals surface area contributed by atoms with Gasteiger partial charge >= 0.3 is 5.97 Å². The lowest BCUT2D eigenvalue weighted by atomic mass is 9.33. The molecule has 282 valence electrons. The van der Waals surface area contributed by atoms with Gasteiger partial charge in [0.15, 0.2) is 0 Å². The van der Waals surface area contributed by atoms with Crippen LogP contribution < -0.4 is 0 Å². The van der Waals surface area contributed by atoms with E-state index in [0.717, 1.165) is 19.3 Å². The molecule has 0 bridgehead atoms. The molecule has 0 amide bonds. The summed E-state index contributed by atoms with van der Waals surface area (Å²) in [6.07, 6.45) is 32.6. The first-order chi connectivity index (χ1) is 23.2. The van der Waals surface area contributed by atoms with E-state index in [-0.39, 0.29) is 39.1 Å². The Kier molecular flexibility index (Phi) is 12.6. The maximum absolute atomic E-state index is 13.2. The summed E-state index contributed by atoms with van der Waals surface area (Å²) < 4.78 is 6.40. The quantitative estimate of drug-likeness (QED) is 0.100. The van der Waals surface area contributed by atoms with Gasteiger partial charge in [-0.25, -0.2) is 0 Å². The van der Waals surface area contributed by atoms with E-state index in [4.69, 9.17) is 4.74 Å². The van der Waals surface area contributed by atoms with Gasteiger partial charge in [-0.05, 0) is 110 Å². The number of allylic oxidation sites excluding steroid dienone is 2. The van der Waals surface area contributed by atoms with Crippen molar-refractivity contribution in [1.29, 1.82) is 0 Å². The summed E-state index contributed by atoms with van der Waals surface area (Å²) >= 11 is 0. The number of aliphatic hydroxyl groups is 1. The molecule has 8 atom stereocenters. The zero-order chi connectivity index (χ0) is 35.6. The maximum Gasteiger partial charge on any atom is 0.306 e. The first-order valence-electron chi connectivity index (χ1n) is 21.7. The van der Waals surface area contributed by atoms with Crippen molar-refractivity contribution in [2.24, 2.45) is 50.2 Å². The van der Waals surface area contributed by atoms with Crippen LogP contribution in [0.4, 0.5) is 0 Å². The van der Waals surface area contributed by atoms with E-state index in [1.54, 1.807) is 5.57 Å². The molecule has 49 heavy (non-hydrogen) atoms. The molecule has 0 aromatic heterocycles. The van der Waals surface area contributed by atoms with Crippen LogP contribution in [-0.2, 0) is 9.53 Å². The number of carbonyl (C=O) groups excluding carboxylic acids is 1. The molecule has 4 fully saturated rings. The lowest BCUT2D eigenvalue weighted by molar-refractivity contribution is -0.213. The number of aliphatic hydroxyl groups excluding tert-OH is 1. The highest BCUT2D eigenvalue weighted by Crippen LogP contribution is 2.75. The van der Waals surface area contributed by atoms with Crippen LogP contribution in [0.15, 0.2) is 11.6 Å². The van der Waals surface area contributed by atoms with Crippen molar-refractivity contribution in [3.8, 4) is 0 Å². The lowest BCUT2D eigenvalue weighted by Gasteiger charge is -2.71. The van der Waals surface area contributed by atoms with Crippen LogP contribution in [0.2, 0.25) is 0 Å². The Hall–Kier alpha value is -0.830. The van der Waals surface area contributed by atoms with Crippen LogP contribution in [-0.4, -0.2) is 23.8 Å². The minimum Gasteiger partial charge on any atom is -0.462 e. The standard InChI is InChI=1S/C46H80O3/c1-9-10-11-12-13-14-15-16-17-18-19-20-21-22-40(48)49-39-26-27-43(6)37(42(39,4)5)25-28-45(8)38(43)24-23-35-36-33-41(2,3)29-31-46(36,34-47)32-30-44(35,45)7/h23,36-39,47H,9-22,24-34H2,1-8H3/t36-,37+,38-,39+,43-,44+,45+,46+/m0/s1. The number of carbonyl (C=O) groups is 1. The molecule has 0 aromatic carbocycles. The van der Waals surface area contributed by atoms with Gasteiger partial charge in [0.05, 0.1) is 0 Å². The van der Waals surface area contributed by atoms with Gasteiger partial charge in [-0.1, -0.05) is 144 Å². The van der Waals surface area contributed by atoms with Crippen LogP contribution in [0.3, 0.4) is 0 Å². The summed E-state index contributed by atoms with van der Waals surface area (Å²) in [7, 11) is 0. The van der Waals surface area contributed by atoms with Crippen LogP contribution in [0.5, 0.6) is 0 Å². The Balaban J connectivity index is 1.13. The summed E-state index contributed by atoms with van der Waals surface area (Å²) in [6, 6.07) is 0. The van der Waals surface area contributed by atoms with Crippen LogP contribution in [0.1, 0.15) is 209 Å². The average Bonchev–Trinajstić information content (AvgIpc) is 3.05. The van der Waals surface area contributed by atoms with Crippen molar-refractivity contribution in [3.63, 3.8) is 0 Å². The zero-order valence-corrected chi connectivity index (χ0v) is 33.8. The van der Waals surface area contributed by atoms with Crippen LogP contribution in [0, 0.1) is 50.2 Å². The zero-order valence-electron chi connectivity index (χ0n) is 33.8. The fourth-order valence-electron chi connectivity index (χ4n) is 13.3. The van der Waals surface area contributed by atoms with Crippen molar-refractivity contribution in [1.82, 2.24) is 0 Å². The third-order valence-electron chi connectivity index (χ3n) is 16.8. The predicted molar refractivity (Wildman–Crippen MR) is 206 cm³/mol. The second-order valence-corrected chi connectivity index (χ2v) is 20.6. The minimum absolute atomic E-state index is 0.00309. The fourth-order valence-corrected chi connectivity index (χ4v) is 13.3. The molecule has 3 heteroatoms. The Bertz CT molecular complexity index is 1140. The van der Waals surface area contributed by atoms with Crippen molar-refractivity contribution in [3.05, 3.63) is 11.6 Å². The van der Waals surface area contributed by atoms with Gasteiger partial charge in [0.1, 0.15) is 6.10 Å². The normalized spacial score (nSPS) is 39.2. The van der Waals surface area contributed by atoms with E-state index >= 15 is 0 Å². The summed E-state index contributed by atoms with van der Waals surface area (Å²) in [4.78, 5) is 13.2. The average molecular weight is 681 g/mol. The summed E-state index contributed by atoms with van der Waals surface area (Å²) in [5, 5.41) is 10.8. The SMILES string of the molecule is CCCCCCCCCCCCCCCC(=O)O[C@@H]1CC[C@@]2(C)[C@H](CC[C@]3(C)[C@H]2CC=C2[C@@H]4CC(C)(C)CC[C@]4(CO)CC[C@]23C)C1(C)C. The number of ether oxygens (including phenoxy) is 1. The van der Waals surface area contributed by atoms with E-state index in [9.17, 15) is 9.90 Å². The number of esters is 1. The Labute approximate surface area is 304 Å². The molecule has 0 heterocycles. The Morgan fingerprint density at radius 2 is 1.33 bits per heavy atom. The molecule has 5 rings (SSSR count). The van der Waals surface area contributed by atoms with E-state index in [1.807, 2.05) is 0 Å². The molecule has 0 unspecified atom stereocenters. The van der Waals surface area contributed by atoms with E-state index in [2.05, 4.69) is 61.5 Å². The van der Waals surface area contributed by atoms with Crippen LogP contribution in [0.25, 0.3) is 0 Å². The van der Waals surface area contributed by atoms with E-state index in [0.29, 0.717) is 36.2 Å². The minimum atomic E-state index is -0.00309. The highest BCUT2D eigenvalue weighted by Gasteiger charge is 2.68. The Morgan fingerprint density at radius 3 is 1.94 bits per heavy atom. The highest BCUT2D eigenvalue weighted by molar-refractivity contribution is 5.69. The highest BCUT2D eigenvalue weighted by atomic mass is 16.5. The van der Waals surface area contributed by atoms with Crippen molar-refractivity contribution in [2.45, 2.75) is 216 Å². The second kappa shape index (κ2) is 15.6. The molecule has 0 aromatic rings. The van der Waals surface area contributed by atoms with Gasteiger partial charge < -0.3 is 9.84 Å². The maximum atomic E-state index is 13.2. The van der Waals surface area contributed by atoms with Gasteiger partial charge in [0, 0.05) is 23.9 Å². The van der Waals surface area contributed by atoms with Gasteiger partial charge in [0.2, 0.25) is 0 Å². The van der Waals surface area contributed by atoms with Gasteiger partial charge in [0.25, 0.3) is 0 Å². The molecule has 5 aliphatic rings. The van der Waals surface area contributed by atoms with Crippen molar-refractivity contribution >= 4 is 5.97 Å². The molecule has 0 aliphatic heterocycles. The summed E-state index contributed by atoms with van der Waals surface area (Å²) in [5.41, 5.74) is 2.93. The summed E-state index contributed by atoms with van der Waals surface area (Å²) in [6.45, 7) is 20.4. The van der Waals surface area contributed by atoms with Gasteiger partial charge in [-0.2, -0.15) is 0 Å². The molecule has 1 N–H and O–H groups in total. The number of unbranched alkanes of at least 4 members (excludes halogenated alkanes) is 12. The number of rotatable bonds is 16. The second-order valence-electron chi connectivity index (χ2n) is 20.6. The molecular weight excluding hydrogens is 601 g/mol. The van der Waals surface area contributed by atoms with Crippen molar-refractivity contribution in [2.75, 3.05) is 6.61 Å². The van der Waals surface area contributed by atoms with Gasteiger partial charge in [-0.3, -0.25) is 4.79 Å². The summed E-state index contributed by atoms with van der Waals surface area (Å²) in [5.74, 6) is 1.82.